The number of para-hydroxylation sites is 2. The van der Waals surface area contributed by atoms with Crippen molar-refractivity contribution < 1.29 is 0 Å². The molecule has 456 valence electrons. The number of nitrogens with zero attached hydrogens (tertiary/aromatic N) is 2. The van der Waals surface area contributed by atoms with Crippen molar-refractivity contribution in [3.8, 4) is 44.5 Å². The Morgan fingerprint density at radius 3 is 1.22 bits per heavy atom. The first-order valence-electron chi connectivity index (χ1n) is 34.2. The molecule has 16 aromatic carbocycles. The molecule has 4 aliphatic rings. The van der Waals surface area contributed by atoms with Crippen LogP contribution in [0.15, 0.2) is 315 Å². The second-order valence-electron chi connectivity index (χ2n) is 27.6. The van der Waals surface area contributed by atoms with Crippen LogP contribution in [-0.4, -0.2) is 0 Å². The van der Waals surface area contributed by atoms with E-state index in [0.717, 1.165) is 34.9 Å². The molecule has 0 N–H and O–H groups in total. The third-order valence-electron chi connectivity index (χ3n) is 22.6. The highest BCUT2D eigenvalue weighted by molar-refractivity contribution is 6.10. The van der Waals surface area contributed by atoms with Gasteiger partial charge in [-0.1, -0.05) is 224 Å². The summed E-state index contributed by atoms with van der Waals surface area (Å²) in [6.07, 6.45) is 0.743. The number of rotatable bonds is 8. The Bertz CT molecular complexity index is 5940. The number of anilines is 6. The van der Waals surface area contributed by atoms with Gasteiger partial charge in [0.05, 0.1) is 10.8 Å². The van der Waals surface area contributed by atoms with E-state index in [9.17, 15) is 0 Å². The molecule has 20 rings (SSSR count). The lowest BCUT2D eigenvalue weighted by Crippen LogP contribution is -2.26. The highest BCUT2D eigenvalue weighted by atomic mass is 15.1. The van der Waals surface area contributed by atoms with Gasteiger partial charge in [-0.15, -0.1) is 0 Å². The van der Waals surface area contributed by atoms with Gasteiger partial charge in [0, 0.05) is 34.1 Å². The Morgan fingerprint density at radius 1 is 0.258 bits per heavy atom. The fourth-order valence-electron chi connectivity index (χ4n) is 18.2. The van der Waals surface area contributed by atoms with Gasteiger partial charge in [-0.3, -0.25) is 0 Å². The average Bonchev–Trinajstić information content (AvgIpc) is 1.51. The van der Waals surface area contributed by atoms with Crippen molar-refractivity contribution >= 4 is 77.2 Å². The van der Waals surface area contributed by atoms with E-state index in [4.69, 9.17) is 0 Å². The first kappa shape index (κ1) is 55.6. The van der Waals surface area contributed by atoms with E-state index in [0.29, 0.717) is 0 Å². The third-order valence-corrected chi connectivity index (χ3v) is 22.6. The Labute approximate surface area is 566 Å². The van der Waals surface area contributed by atoms with Gasteiger partial charge in [-0.2, -0.15) is 0 Å². The van der Waals surface area contributed by atoms with Gasteiger partial charge in [0.2, 0.25) is 0 Å². The fraction of sp³-hybridized carbons (Fsp3) is 0.0737. The molecule has 0 fully saturated rings. The highest BCUT2D eigenvalue weighted by Crippen LogP contribution is 2.67. The molecule has 0 aromatic heterocycles. The summed E-state index contributed by atoms with van der Waals surface area (Å²) in [7, 11) is 0. The highest BCUT2D eigenvalue weighted by Gasteiger charge is 2.54. The first-order valence-corrected chi connectivity index (χ1v) is 34.2. The van der Waals surface area contributed by atoms with E-state index in [1.54, 1.807) is 0 Å². The number of hydrogen-bond acceptors (Lipinski definition) is 2. The molecule has 0 amide bonds. The first-order chi connectivity index (χ1) is 47.7. The van der Waals surface area contributed by atoms with Crippen LogP contribution in [-0.2, 0) is 17.3 Å². The van der Waals surface area contributed by atoms with Crippen LogP contribution in [0.25, 0.3) is 87.6 Å². The monoisotopic (exact) mass is 1230 g/mol. The molecule has 16 aromatic rings. The zero-order valence-corrected chi connectivity index (χ0v) is 54.6. The maximum atomic E-state index is 2.57. The zero-order chi connectivity index (χ0) is 64.4. The van der Waals surface area contributed by atoms with Crippen LogP contribution in [0, 0.1) is 27.7 Å². The largest absolute Gasteiger partial charge is 0.310 e. The summed E-state index contributed by atoms with van der Waals surface area (Å²) < 4.78 is 0. The van der Waals surface area contributed by atoms with Crippen molar-refractivity contribution in [3.05, 3.63) is 393 Å². The van der Waals surface area contributed by atoms with E-state index < -0.39 is 10.8 Å². The van der Waals surface area contributed by atoms with Gasteiger partial charge in [0.15, 0.2) is 0 Å². The van der Waals surface area contributed by atoms with Crippen LogP contribution in [0.4, 0.5) is 34.1 Å². The standard InChI is InChI=1S/C95H66N2/c1-58-35-37-68(91(47-58)97(71-25-9-6-10-26-71)73-42-46-76-67(53-73)40-44-81-83-54-63-21-11-12-22-64(63)56-89(83)94(92(76)81)85-31-17-13-27-77(85)78-28-14-18-32-86(78)94)50-62-36-38-65-55-84-82-43-39-66-52-72(96(70-23-7-5-8-24-70)74-48-59(2)61(4)60(3)49-74)41-45-75(66)93(82)95(90(84)57-69(65)51-62)87-33-19-15-29-79(87)80-30-16-20-34-88(80)95/h5-49,51-57H,50H2,1-4H3. The summed E-state index contributed by atoms with van der Waals surface area (Å²) in [6.45, 7) is 8.93. The lowest BCUT2D eigenvalue weighted by atomic mass is 9.69. The van der Waals surface area contributed by atoms with E-state index in [2.05, 4.69) is 353 Å². The van der Waals surface area contributed by atoms with E-state index in [1.165, 1.54) is 171 Å². The lowest BCUT2D eigenvalue weighted by Gasteiger charge is -2.32. The fourth-order valence-corrected chi connectivity index (χ4v) is 18.2. The van der Waals surface area contributed by atoms with Crippen LogP contribution >= 0.6 is 0 Å². The van der Waals surface area contributed by atoms with Crippen molar-refractivity contribution in [2.45, 2.75) is 44.9 Å². The Kier molecular flexibility index (Phi) is 11.9. The molecular formula is C95H66N2. The van der Waals surface area contributed by atoms with Crippen LogP contribution in [0.1, 0.15) is 77.9 Å². The molecule has 2 spiro atoms. The lowest BCUT2D eigenvalue weighted by molar-refractivity contribution is 0.802. The topological polar surface area (TPSA) is 6.48 Å². The smallest absolute Gasteiger partial charge is 0.0731 e. The Balaban J connectivity index is 0.725. The van der Waals surface area contributed by atoms with Gasteiger partial charge in [-0.25, -0.2) is 0 Å². The Morgan fingerprint density at radius 2 is 0.691 bits per heavy atom. The molecule has 0 saturated carbocycles. The third kappa shape index (κ3) is 7.84. The average molecular weight is 1240 g/mol. The predicted molar refractivity (Wildman–Crippen MR) is 407 cm³/mol. The zero-order valence-electron chi connectivity index (χ0n) is 54.6. The normalized spacial score (nSPS) is 13.6. The van der Waals surface area contributed by atoms with Crippen molar-refractivity contribution in [2.75, 3.05) is 9.80 Å². The summed E-state index contributed by atoms with van der Waals surface area (Å²) in [5.74, 6) is 0. The second-order valence-corrected chi connectivity index (χ2v) is 27.6. The van der Waals surface area contributed by atoms with Crippen molar-refractivity contribution in [1.29, 1.82) is 0 Å². The molecule has 0 heterocycles. The molecular weight excluding hydrogens is 1170 g/mol. The minimum atomic E-state index is -0.557. The second kappa shape index (κ2) is 20.8. The van der Waals surface area contributed by atoms with Crippen LogP contribution < -0.4 is 9.80 Å². The Hall–Kier alpha value is -11.8. The molecule has 0 unspecified atom stereocenters. The predicted octanol–water partition coefficient (Wildman–Crippen LogP) is 24.8. The van der Waals surface area contributed by atoms with Gasteiger partial charge >= 0.3 is 0 Å². The number of benzene rings is 16. The summed E-state index contributed by atoms with van der Waals surface area (Å²) in [5.41, 5.74) is 34.8. The minimum absolute atomic E-state index is 0.492. The maximum absolute atomic E-state index is 2.57. The van der Waals surface area contributed by atoms with E-state index >= 15 is 0 Å². The van der Waals surface area contributed by atoms with E-state index in [1.807, 2.05) is 0 Å². The summed E-state index contributed by atoms with van der Waals surface area (Å²) in [6, 6.07) is 121. The van der Waals surface area contributed by atoms with Crippen molar-refractivity contribution in [3.63, 3.8) is 0 Å². The summed E-state index contributed by atoms with van der Waals surface area (Å²) in [4.78, 5) is 4.93. The summed E-state index contributed by atoms with van der Waals surface area (Å²) >= 11 is 0. The molecule has 0 bridgehead atoms. The maximum Gasteiger partial charge on any atom is 0.0731 e. The van der Waals surface area contributed by atoms with Gasteiger partial charge < -0.3 is 9.80 Å². The molecule has 97 heavy (non-hydrogen) atoms. The molecule has 2 heteroatoms. The van der Waals surface area contributed by atoms with E-state index in [-0.39, 0.29) is 0 Å². The van der Waals surface area contributed by atoms with Gasteiger partial charge in [-0.05, 0) is 291 Å². The SMILES string of the molecule is Cc1ccc(Cc2ccc3cc4c(cc3c2)C2(c3ccccc3-c3ccccc32)c2c-4ccc3cc(N(c4ccccc4)c4cc(C)c(C)c(C)c4)ccc23)c(N(c2ccccc2)c2ccc3c4c(ccc3c2)-c2cc3ccccc3cc2C42c3ccccc3-c3ccccc32)c1. The molecule has 0 radical (unpaired) electrons. The number of fused-ring (bicyclic) bond motifs is 26. The van der Waals surface area contributed by atoms with Gasteiger partial charge in [0.1, 0.15) is 0 Å². The molecule has 4 aliphatic carbocycles. The molecule has 0 saturated heterocycles. The number of aryl methyl sites for hydroxylation is 3. The van der Waals surface area contributed by atoms with Crippen molar-refractivity contribution in [1.82, 2.24) is 0 Å². The minimum Gasteiger partial charge on any atom is -0.310 e. The van der Waals surface area contributed by atoms with Crippen LogP contribution in [0.2, 0.25) is 0 Å². The number of hydrogen-bond donors (Lipinski definition) is 0. The van der Waals surface area contributed by atoms with Crippen LogP contribution in [0.3, 0.4) is 0 Å². The molecule has 2 nitrogen and oxygen atoms in total. The molecule has 0 atom stereocenters. The quantitative estimate of drug-likeness (QED) is 0.150. The van der Waals surface area contributed by atoms with Crippen molar-refractivity contribution in [2.24, 2.45) is 0 Å². The molecule has 0 aliphatic heterocycles. The van der Waals surface area contributed by atoms with Gasteiger partial charge in [0.25, 0.3) is 0 Å². The summed E-state index contributed by atoms with van der Waals surface area (Å²) in [5, 5.41) is 10.0. The van der Waals surface area contributed by atoms with Crippen LogP contribution in [0.5, 0.6) is 0 Å².